The number of furan rings is 1. The van der Waals surface area contributed by atoms with E-state index in [1.807, 2.05) is 6.92 Å². The second-order valence-corrected chi connectivity index (χ2v) is 7.43. The molecule has 23 heavy (non-hydrogen) atoms. The summed E-state index contributed by atoms with van der Waals surface area (Å²) in [5, 5.41) is 2.80. The van der Waals surface area contributed by atoms with Gasteiger partial charge in [-0.2, -0.15) is 0 Å². The monoisotopic (exact) mass is 336 g/mol. The van der Waals surface area contributed by atoms with Crippen molar-refractivity contribution < 1.29 is 17.6 Å². The van der Waals surface area contributed by atoms with Crippen LogP contribution >= 0.6 is 0 Å². The van der Waals surface area contributed by atoms with Gasteiger partial charge in [-0.3, -0.25) is 0 Å². The van der Waals surface area contributed by atoms with Crippen LogP contribution in [0.1, 0.15) is 24.1 Å². The number of carbonyl (C=O) groups excluding carboxylic acids is 1. The molecular weight excluding hydrogens is 316 g/mol. The third-order valence-corrected chi connectivity index (χ3v) is 4.84. The quantitative estimate of drug-likeness (QED) is 0.910. The molecule has 0 radical (unpaired) electrons. The zero-order chi connectivity index (χ0) is 17.0. The predicted molar refractivity (Wildman–Crippen MR) is 86.7 cm³/mol. The average Bonchev–Trinajstić information content (AvgIpc) is 3.04. The summed E-state index contributed by atoms with van der Waals surface area (Å²) < 4.78 is 27.9. The van der Waals surface area contributed by atoms with E-state index < -0.39 is 9.84 Å². The van der Waals surface area contributed by atoms with Crippen molar-refractivity contribution in [3.8, 4) is 0 Å². The van der Waals surface area contributed by atoms with Gasteiger partial charge in [-0.25, -0.2) is 13.2 Å². The number of amides is 2. The van der Waals surface area contributed by atoms with E-state index in [4.69, 9.17) is 4.42 Å². The van der Waals surface area contributed by atoms with Crippen molar-refractivity contribution in [1.82, 2.24) is 10.2 Å². The Kier molecular flexibility index (Phi) is 5.10. The Labute approximate surface area is 136 Å². The van der Waals surface area contributed by atoms with E-state index in [0.29, 0.717) is 6.54 Å². The highest BCUT2D eigenvalue weighted by Gasteiger charge is 2.18. The van der Waals surface area contributed by atoms with Gasteiger partial charge in [0.1, 0.15) is 0 Å². The van der Waals surface area contributed by atoms with E-state index in [9.17, 15) is 13.2 Å². The first kappa shape index (κ1) is 17.1. The van der Waals surface area contributed by atoms with Gasteiger partial charge in [0, 0.05) is 25.4 Å². The molecule has 0 saturated carbocycles. The van der Waals surface area contributed by atoms with Gasteiger partial charge in [0.15, 0.2) is 9.84 Å². The number of hydrogen-bond donors (Lipinski definition) is 1. The second kappa shape index (κ2) is 6.87. The Morgan fingerprint density at radius 3 is 2.43 bits per heavy atom. The first-order valence-corrected chi connectivity index (χ1v) is 9.00. The molecular formula is C16H20N2O4S. The summed E-state index contributed by atoms with van der Waals surface area (Å²) in [4.78, 5) is 14.0. The highest BCUT2D eigenvalue weighted by molar-refractivity contribution is 7.90. The lowest BCUT2D eigenvalue weighted by atomic mass is 10.1. The van der Waals surface area contributed by atoms with Crippen LogP contribution in [-0.2, 0) is 16.4 Å². The number of rotatable bonds is 5. The molecule has 1 aromatic heterocycles. The molecule has 2 rings (SSSR count). The molecule has 0 unspecified atom stereocenters. The predicted octanol–water partition coefficient (Wildman–Crippen LogP) is 2.59. The smallest absolute Gasteiger partial charge is 0.317 e. The van der Waals surface area contributed by atoms with Crippen LogP contribution < -0.4 is 5.32 Å². The van der Waals surface area contributed by atoms with Gasteiger partial charge >= 0.3 is 6.03 Å². The zero-order valence-corrected chi connectivity index (χ0v) is 14.1. The lowest BCUT2D eigenvalue weighted by Gasteiger charge is -2.25. The molecule has 0 spiro atoms. The van der Waals surface area contributed by atoms with Crippen LogP contribution in [0, 0.1) is 0 Å². The molecule has 124 valence electrons. The van der Waals surface area contributed by atoms with E-state index in [1.165, 1.54) is 6.26 Å². The summed E-state index contributed by atoms with van der Waals surface area (Å²) in [5.74, 6) is 0. The fraction of sp³-hybridized carbons (Fsp3) is 0.312. The van der Waals surface area contributed by atoms with Gasteiger partial charge in [-0.1, -0.05) is 12.1 Å². The Bertz CT molecular complexity index is 752. The minimum atomic E-state index is -3.22. The maximum atomic E-state index is 12.2. The van der Waals surface area contributed by atoms with Crippen LogP contribution in [0.25, 0.3) is 0 Å². The number of sulfone groups is 1. The molecule has 0 aliphatic rings. The van der Waals surface area contributed by atoms with Crippen LogP contribution in [0.2, 0.25) is 0 Å². The van der Waals surface area contributed by atoms with Gasteiger partial charge < -0.3 is 14.6 Å². The zero-order valence-electron chi connectivity index (χ0n) is 13.3. The topological polar surface area (TPSA) is 79.6 Å². The largest absolute Gasteiger partial charge is 0.472 e. The third kappa shape index (κ3) is 4.35. The van der Waals surface area contributed by atoms with Gasteiger partial charge in [0.05, 0.1) is 23.5 Å². The molecule has 1 aromatic carbocycles. The summed E-state index contributed by atoms with van der Waals surface area (Å²) >= 11 is 0. The Hall–Kier alpha value is -2.28. The van der Waals surface area contributed by atoms with Crippen molar-refractivity contribution in [2.75, 3.05) is 13.3 Å². The molecule has 0 aliphatic carbocycles. The van der Waals surface area contributed by atoms with Crippen molar-refractivity contribution in [3.05, 3.63) is 54.0 Å². The molecule has 7 heteroatoms. The van der Waals surface area contributed by atoms with Crippen LogP contribution in [0.15, 0.2) is 52.2 Å². The molecule has 0 bridgehead atoms. The molecule has 2 aromatic rings. The number of nitrogens with one attached hydrogen (secondary N) is 1. The van der Waals surface area contributed by atoms with Crippen LogP contribution in [0.4, 0.5) is 4.79 Å². The first-order chi connectivity index (χ1) is 10.8. The van der Waals surface area contributed by atoms with E-state index in [1.54, 1.807) is 54.8 Å². The molecule has 1 N–H and O–H groups in total. The fourth-order valence-electron chi connectivity index (χ4n) is 2.09. The molecule has 1 heterocycles. The van der Waals surface area contributed by atoms with Crippen molar-refractivity contribution in [1.29, 1.82) is 0 Å². The summed E-state index contributed by atoms with van der Waals surface area (Å²) in [6.07, 6.45) is 4.30. The van der Waals surface area contributed by atoms with Gasteiger partial charge in [0.25, 0.3) is 0 Å². The van der Waals surface area contributed by atoms with E-state index >= 15 is 0 Å². The van der Waals surface area contributed by atoms with E-state index in [2.05, 4.69) is 5.32 Å². The normalized spacial score (nSPS) is 12.7. The summed E-state index contributed by atoms with van der Waals surface area (Å²) in [5.41, 5.74) is 1.75. The van der Waals surface area contributed by atoms with Crippen molar-refractivity contribution >= 4 is 15.9 Å². The lowest BCUT2D eigenvalue weighted by Crippen LogP contribution is -2.38. The average molecular weight is 336 g/mol. The summed E-state index contributed by atoms with van der Waals surface area (Å²) in [6.45, 7) is 2.27. The number of carbonyl (C=O) groups is 1. The van der Waals surface area contributed by atoms with Crippen LogP contribution in [-0.4, -0.2) is 32.7 Å². The fourth-order valence-corrected chi connectivity index (χ4v) is 2.72. The standard InChI is InChI=1S/C16H20N2O4S/c1-12(14-4-6-15(7-5-14)23(3,20)21)18(2)16(19)17-10-13-8-9-22-11-13/h4-9,11-12H,10H2,1-3H3,(H,17,19)/t12-/m0/s1. The lowest BCUT2D eigenvalue weighted by molar-refractivity contribution is 0.194. The molecule has 1 atom stereocenters. The Morgan fingerprint density at radius 2 is 1.91 bits per heavy atom. The van der Waals surface area contributed by atoms with Crippen LogP contribution in [0.3, 0.4) is 0 Å². The van der Waals surface area contributed by atoms with E-state index in [0.717, 1.165) is 11.1 Å². The molecule has 6 nitrogen and oxygen atoms in total. The second-order valence-electron chi connectivity index (χ2n) is 5.42. The molecule has 2 amide bonds. The van der Waals surface area contributed by atoms with Gasteiger partial charge in [-0.05, 0) is 30.7 Å². The third-order valence-electron chi connectivity index (χ3n) is 3.72. The molecule has 0 fully saturated rings. The van der Waals surface area contributed by atoms with Gasteiger partial charge in [0.2, 0.25) is 0 Å². The molecule has 0 aliphatic heterocycles. The summed E-state index contributed by atoms with van der Waals surface area (Å²) in [6, 6.07) is 7.94. The maximum absolute atomic E-state index is 12.2. The Balaban J connectivity index is 2.00. The van der Waals surface area contributed by atoms with Crippen molar-refractivity contribution in [2.45, 2.75) is 24.4 Å². The SMILES string of the molecule is C[C@@H](c1ccc(S(C)(=O)=O)cc1)N(C)C(=O)NCc1ccoc1. The minimum absolute atomic E-state index is 0.187. The number of nitrogens with zero attached hydrogens (tertiary/aromatic N) is 1. The molecule has 0 saturated heterocycles. The number of hydrogen-bond acceptors (Lipinski definition) is 4. The number of urea groups is 1. The Morgan fingerprint density at radius 1 is 1.26 bits per heavy atom. The maximum Gasteiger partial charge on any atom is 0.317 e. The van der Waals surface area contributed by atoms with E-state index in [-0.39, 0.29) is 17.0 Å². The summed E-state index contributed by atoms with van der Waals surface area (Å²) in [7, 11) is -1.52. The number of benzene rings is 1. The van der Waals surface area contributed by atoms with Crippen LogP contribution in [0.5, 0.6) is 0 Å². The highest BCUT2D eigenvalue weighted by Crippen LogP contribution is 2.20. The minimum Gasteiger partial charge on any atom is -0.472 e. The highest BCUT2D eigenvalue weighted by atomic mass is 32.2. The first-order valence-electron chi connectivity index (χ1n) is 7.11. The van der Waals surface area contributed by atoms with Crippen molar-refractivity contribution in [3.63, 3.8) is 0 Å². The van der Waals surface area contributed by atoms with Crippen molar-refractivity contribution in [2.24, 2.45) is 0 Å². The van der Waals surface area contributed by atoms with Gasteiger partial charge in [-0.15, -0.1) is 0 Å².